The molecule has 2 fully saturated rings. The summed E-state index contributed by atoms with van der Waals surface area (Å²) in [4.78, 5) is 11.7. The molecule has 0 radical (unpaired) electrons. The lowest BCUT2D eigenvalue weighted by molar-refractivity contribution is -0.898. The molecule has 0 N–H and O–H groups in total. The van der Waals surface area contributed by atoms with Crippen molar-refractivity contribution in [2.75, 3.05) is 27.2 Å². The molecule has 68 valence electrons. The number of hydrogen-bond donors (Lipinski definition) is 0. The molecule has 1 heterocycles. The van der Waals surface area contributed by atoms with Gasteiger partial charge < -0.3 is 4.48 Å². The number of carbonyl (C=O) groups is 1. The monoisotopic (exact) mass is 168 g/mol. The van der Waals surface area contributed by atoms with Gasteiger partial charge in [-0.15, -0.1) is 0 Å². The smallest absolute Gasteiger partial charge is 0.150 e. The molecule has 2 nitrogen and oxygen atoms in total. The van der Waals surface area contributed by atoms with E-state index in [4.69, 9.17) is 0 Å². The minimum atomic E-state index is 0.396. The van der Waals surface area contributed by atoms with Crippen LogP contribution in [0.25, 0.3) is 0 Å². The first-order valence-corrected chi connectivity index (χ1v) is 4.94. The van der Waals surface area contributed by atoms with Crippen molar-refractivity contribution >= 4 is 5.78 Å². The molecule has 2 rings (SSSR count). The summed E-state index contributed by atoms with van der Waals surface area (Å²) < 4.78 is 1.06. The van der Waals surface area contributed by atoms with E-state index in [1.165, 1.54) is 6.42 Å². The second-order valence-corrected chi connectivity index (χ2v) is 5.03. The summed E-state index contributed by atoms with van der Waals surface area (Å²) >= 11 is 0. The Hall–Kier alpha value is -0.370. The average molecular weight is 168 g/mol. The predicted molar refractivity (Wildman–Crippen MR) is 47.7 cm³/mol. The molecule has 1 saturated heterocycles. The van der Waals surface area contributed by atoms with Crippen molar-refractivity contribution < 1.29 is 9.28 Å². The van der Waals surface area contributed by atoms with E-state index in [0.29, 0.717) is 17.6 Å². The molecule has 2 heteroatoms. The Kier molecular flexibility index (Phi) is 1.76. The Balaban J connectivity index is 2.18. The highest BCUT2D eigenvalue weighted by molar-refractivity contribution is 5.84. The number of Topliss-reactive ketones (excluding diaryl/α,β-unsaturated/α-hetero) is 1. The van der Waals surface area contributed by atoms with E-state index >= 15 is 0 Å². The third-order valence-electron chi connectivity index (χ3n) is 3.34. The first-order valence-electron chi connectivity index (χ1n) is 4.94. The van der Waals surface area contributed by atoms with Crippen LogP contribution in [0.4, 0.5) is 0 Å². The molecular formula is C10H18NO+. The molecule has 2 atom stereocenters. The fourth-order valence-corrected chi connectivity index (χ4v) is 2.86. The van der Waals surface area contributed by atoms with Crippen LogP contribution in [0.15, 0.2) is 0 Å². The number of piperidine rings is 1. The molecular weight excluding hydrogens is 150 g/mol. The summed E-state index contributed by atoms with van der Waals surface area (Å²) in [7, 11) is 4.50. The molecule has 1 saturated carbocycles. The summed E-state index contributed by atoms with van der Waals surface area (Å²) in [5, 5.41) is 0. The number of carbonyl (C=O) groups excluding carboxylic acids is 1. The summed E-state index contributed by atoms with van der Waals surface area (Å²) in [5.74, 6) is 1.36. The average Bonchev–Trinajstić information content (AvgIpc) is 1.92. The van der Waals surface area contributed by atoms with Crippen LogP contribution in [0.5, 0.6) is 0 Å². The first kappa shape index (κ1) is 8.24. The normalized spacial score (nSPS) is 39.7. The summed E-state index contributed by atoms with van der Waals surface area (Å²) in [6.45, 7) is 2.16. The maximum Gasteiger partial charge on any atom is 0.150 e. The van der Waals surface area contributed by atoms with Gasteiger partial charge in [-0.25, -0.2) is 0 Å². The Morgan fingerprint density at radius 3 is 2.17 bits per heavy atom. The fraction of sp³-hybridized carbons (Fsp3) is 0.900. The van der Waals surface area contributed by atoms with Crippen LogP contribution in [0.1, 0.15) is 19.3 Å². The molecule has 0 spiro atoms. The van der Waals surface area contributed by atoms with Gasteiger partial charge in [0.15, 0.2) is 0 Å². The maximum absolute atomic E-state index is 11.7. The second kappa shape index (κ2) is 2.56. The SMILES string of the molecule is C[N+]1(C)C[C@H]2CCC[C@@H](C1)C2=O. The lowest BCUT2D eigenvalue weighted by atomic mass is 9.76. The molecule has 2 bridgehead atoms. The van der Waals surface area contributed by atoms with Crippen molar-refractivity contribution in [3.8, 4) is 0 Å². The molecule has 2 aliphatic rings. The zero-order valence-electron chi connectivity index (χ0n) is 8.05. The Morgan fingerprint density at radius 2 is 1.67 bits per heavy atom. The topological polar surface area (TPSA) is 17.1 Å². The number of quaternary nitrogens is 1. The summed E-state index contributed by atoms with van der Waals surface area (Å²) in [6, 6.07) is 0. The second-order valence-electron chi connectivity index (χ2n) is 5.03. The molecule has 0 aromatic heterocycles. The van der Waals surface area contributed by atoms with Crippen LogP contribution in [0, 0.1) is 11.8 Å². The van der Waals surface area contributed by atoms with Gasteiger partial charge in [0.05, 0.1) is 39.0 Å². The van der Waals surface area contributed by atoms with E-state index in [1.807, 2.05) is 0 Å². The molecule has 0 unspecified atom stereocenters. The Labute approximate surface area is 74.1 Å². The predicted octanol–water partition coefficient (Wildman–Crippen LogP) is 1.06. The number of rotatable bonds is 0. The van der Waals surface area contributed by atoms with E-state index in [2.05, 4.69) is 14.1 Å². The largest absolute Gasteiger partial charge is 0.327 e. The zero-order valence-corrected chi connectivity index (χ0v) is 8.05. The van der Waals surface area contributed by atoms with Gasteiger partial charge in [-0.3, -0.25) is 4.79 Å². The van der Waals surface area contributed by atoms with Gasteiger partial charge >= 0.3 is 0 Å². The fourth-order valence-electron chi connectivity index (χ4n) is 2.86. The first-order chi connectivity index (χ1) is 5.58. The molecule has 0 amide bonds. The highest BCUT2D eigenvalue weighted by atomic mass is 16.1. The van der Waals surface area contributed by atoms with E-state index in [1.54, 1.807) is 0 Å². The molecule has 0 aromatic rings. The van der Waals surface area contributed by atoms with Crippen molar-refractivity contribution in [2.45, 2.75) is 19.3 Å². The standard InChI is InChI=1S/C10H18NO/c1-11(2)6-8-4-3-5-9(7-11)10(8)12/h8-9H,3-7H2,1-2H3/q+1/t8-,9+. The van der Waals surface area contributed by atoms with Crippen molar-refractivity contribution in [2.24, 2.45) is 11.8 Å². The van der Waals surface area contributed by atoms with Gasteiger partial charge in [-0.1, -0.05) is 6.42 Å². The molecule has 1 aliphatic heterocycles. The van der Waals surface area contributed by atoms with Crippen molar-refractivity contribution in [3.63, 3.8) is 0 Å². The van der Waals surface area contributed by atoms with Crippen molar-refractivity contribution in [1.82, 2.24) is 0 Å². The van der Waals surface area contributed by atoms with Crippen LogP contribution < -0.4 is 0 Å². The van der Waals surface area contributed by atoms with Gasteiger partial charge in [-0.2, -0.15) is 0 Å². The van der Waals surface area contributed by atoms with Crippen molar-refractivity contribution in [1.29, 1.82) is 0 Å². The van der Waals surface area contributed by atoms with E-state index in [0.717, 1.165) is 30.4 Å². The van der Waals surface area contributed by atoms with Crippen LogP contribution >= 0.6 is 0 Å². The summed E-state index contributed by atoms with van der Waals surface area (Å²) in [6.07, 6.45) is 3.58. The van der Waals surface area contributed by atoms with Crippen LogP contribution in [-0.4, -0.2) is 37.5 Å². The van der Waals surface area contributed by atoms with Crippen molar-refractivity contribution in [3.05, 3.63) is 0 Å². The Bertz CT molecular complexity index is 192. The number of ketones is 1. The minimum absolute atomic E-state index is 0.396. The third-order valence-corrected chi connectivity index (χ3v) is 3.34. The Morgan fingerprint density at radius 1 is 1.17 bits per heavy atom. The number of hydrogen-bond acceptors (Lipinski definition) is 1. The van der Waals surface area contributed by atoms with Gasteiger partial charge in [0, 0.05) is 0 Å². The molecule has 0 aromatic carbocycles. The maximum atomic E-state index is 11.7. The van der Waals surface area contributed by atoms with Gasteiger partial charge in [0.2, 0.25) is 0 Å². The van der Waals surface area contributed by atoms with Gasteiger partial charge in [0.25, 0.3) is 0 Å². The highest BCUT2D eigenvalue weighted by Crippen LogP contribution is 2.33. The van der Waals surface area contributed by atoms with Gasteiger partial charge in [0.1, 0.15) is 5.78 Å². The molecule has 12 heavy (non-hydrogen) atoms. The lowest BCUT2D eigenvalue weighted by Crippen LogP contribution is -2.56. The van der Waals surface area contributed by atoms with E-state index in [-0.39, 0.29) is 0 Å². The molecule has 1 aliphatic carbocycles. The van der Waals surface area contributed by atoms with Crippen LogP contribution in [0.2, 0.25) is 0 Å². The summed E-state index contributed by atoms with van der Waals surface area (Å²) in [5.41, 5.74) is 0. The quantitative estimate of drug-likeness (QED) is 0.494. The number of nitrogens with zero attached hydrogens (tertiary/aromatic N) is 1. The van der Waals surface area contributed by atoms with E-state index in [9.17, 15) is 4.79 Å². The highest BCUT2D eigenvalue weighted by Gasteiger charge is 2.43. The third kappa shape index (κ3) is 1.28. The number of likely N-dealkylation sites (tertiary alicyclic amines) is 1. The van der Waals surface area contributed by atoms with Crippen LogP contribution in [-0.2, 0) is 4.79 Å². The zero-order chi connectivity index (χ0) is 8.77. The van der Waals surface area contributed by atoms with Gasteiger partial charge in [-0.05, 0) is 12.8 Å². The van der Waals surface area contributed by atoms with E-state index < -0.39 is 0 Å². The lowest BCUT2D eigenvalue weighted by Gasteiger charge is -2.43. The minimum Gasteiger partial charge on any atom is -0.327 e. The number of fused-ring (bicyclic) bond motifs is 2. The van der Waals surface area contributed by atoms with Crippen LogP contribution in [0.3, 0.4) is 0 Å².